The average Bonchev–Trinajstić information content (AvgIpc) is 2.49. The Morgan fingerprint density at radius 3 is 2.32 bits per heavy atom. The number of amides is 2. The smallest absolute Gasteiger partial charge is 0.239 e. The second kappa shape index (κ2) is 10.9. The van der Waals surface area contributed by atoms with Crippen LogP contribution in [0.3, 0.4) is 0 Å². The largest absolute Gasteiger partial charge is 0.492 e. The van der Waals surface area contributed by atoms with Gasteiger partial charge in [0.15, 0.2) is 0 Å². The fourth-order valence-corrected chi connectivity index (χ4v) is 1.62. The van der Waals surface area contributed by atoms with Gasteiger partial charge in [0.25, 0.3) is 0 Å². The first kappa shape index (κ1) is 20.2. The maximum absolute atomic E-state index is 11.4. The van der Waals surface area contributed by atoms with Crippen LogP contribution in [0.2, 0.25) is 0 Å². The molecular formula is C15H24ClN3O3. The highest BCUT2D eigenvalue weighted by atomic mass is 35.5. The number of benzene rings is 1. The maximum Gasteiger partial charge on any atom is 0.239 e. The van der Waals surface area contributed by atoms with Gasteiger partial charge in [-0.25, -0.2) is 0 Å². The van der Waals surface area contributed by atoms with Crippen molar-refractivity contribution < 1.29 is 14.3 Å². The summed E-state index contributed by atoms with van der Waals surface area (Å²) in [5, 5.41) is 5.03. The minimum atomic E-state index is -0.355. The number of ether oxygens (including phenoxy) is 1. The third-order valence-electron chi connectivity index (χ3n) is 2.87. The molecule has 0 fully saturated rings. The number of carbonyl (C=O) groups is 2. The molecule has 0 aliphatic carbocycles. The van der Waals surface area contributed by atoms with E-state index in [-0.39, 0.29) is 37.3 Å². The van der Waals surface area contributed by atoms with Crippen molar-refractivity contribution in [1.29, 1.82) is 0 Å². The molecule has 0 saturated carbocycles. The molecular weight excluding hydrogens is 306 g/mol. The summed E-state index contributed by atoms with van der Waals surface area (Å²) in [6.07, 6.45) is 0. The van der Waals surface area contributed by atoms with Gasteiger partial charge in [0.1, 0.15) is 12.4 Å². The summed E-state index contributed by atoms with van der Waals surface area (Å²) in [7, 11) is 0. The summed E-state index contributed by atoms with van der Waals surface area (Å²) in [6.45, 7) is 4.83. The lowest BCUT2D eigenvalue weighted by Crippen LogP contribution is -2.40. The van der Waals surface area contributed by atoms with E-state index in [2.05, 4.69) is 24.5 Å². The molecule has 0 bridgehead atoms. The Bertz CT molecular complexity index is 464. The third-order valence-corrected chi connectivity index (χ3v) is 2.87. The maximum atomic E-state index is 11.4. The van der Waals surface area contributed by atoms with Crippen LogP contribution >= 0.6 is 12.4 Å². The third kappa shape index (κ3) is 7.85. The highest BCUT2D eigenvalue weighted by Crippen LogP contribution is 2.18. The summed E-state index contributed by atoms with van der Waals surface area (Å²) in [5.74, 6) is 0.634. The lowest BCUT2D eigenvalue weighted by atomic mass is 10.0. The van der Waals surface area contributed by atoms with Crippen LogP contribution in [0, 0.1) is 0 Å². The molecule has 0 aromatic heterocycles. The van der Waals surface area contributed by atoms with E-state index in [1.165, 1.54) is 5.56 Å². The molecule has 0 aliphatic heterocycles. The number of hydrogen-bond acceptors (Lipinski definition) is 4. The monoisotopic (exact) mass is 329 g/mol. The number of hydrogen-bond donors (Lipinski definition) is 3. The van der Waals surface area contributed by atoms with E-state index in [0.29, 0.717) is 19.1 Å². The van der Waals surface area contributed by atoms with Crippen LogP contribution in [0.5, 0.6) is 5.75 Å². The molecule has 0 spiro atoms. The summed E-state index contributed by atoms with van der Waals surface area (Å²) in [4.78, 5) is 22.2. The summed E-state index contributed by atoms with van der Waals surface area (Å²) in [5.41, 5.74) is 6.37. The van der Waals surface area contributed by atoms with Crippen molar-refractivity contribution in [2.24, 2.45) is 5.73 Å². The van der Waals surface area contributed by atoms with Gasteiger partial charge in [-0.15, -0.1) is 12.4 Å². The molecule has 0 saturated heterocycles. The molecule has 22 heavy (non-hydrogen) atoms. The van der Waals surface area contributed by atoms with Crippen LogP contribution in [-0.4, -0.2) is 38.1 Å². The Hall–Kier alpha value is -1.79. The molecule has 124 valence electrons. The first-order valence-corrected chi connectivity index (χ1v) is 6.99. The Kier molecular flexibility index (Phi) is 9.98. The second-order valence-electron chi connectivity index (χ2n) is 4.90. The van der Waals surface area contributed by atoms with E-state index in [0.717, 1.165) is 5.75 Å². The number of carbonyl (C=O) groups excluding carboxylic acids is 2. The summed E-state index contributed by atoms with van der Waals surface area (Å²) in [6, 6.07) is 7.89. The van der Waals surface area contributed by atoms with E-state index in [1.54, 1.807) is 0 Å². The van der Waals surface area contributed by atoms with Crippen LogP contribution in [0.25, 0.3) is 0 Å². The zero-order valence-electron chi connectivity index (χ0n) is 12.9. The number of rotatable bonds is 8. The Morgan fingerprint density at radius 1 is 1.14 bits per heavy atom. The standard InChI is InChI=1S/C15H23N3O3.ClH/c1-11(2)12-3-5-13(6-4-12)21-8-7-17-15(20)10-18-14(19)9-16;/h3-6,11H,7-10,16H2,1-2H3,(H,17,20)(H,18,19);1H. The molecule has 0 atom stereocenters. The number of nitrogens with one attached hydrogen (secondary N) is 2. The van der Waals surface area contributed by atoms with Gasteiger partial charge in [0, 0.05) is 0 Å². The van der Waals surface area contributed by atoms with Crippen molar-refractivity contribution in [3.8, 4) is 5.75 Å². The number of halogens is 1. The molecule has 4 N–H and O–H groups in total. The zero-order valence-corrected chi connectivity index (χ0v) is 13.7. The van der Waals surface area contributed by atoms with Gasteiger partial charge in [-0.05, 0) is 23.6 Å². The Labute approximate surface area is 137 Å². The highest BCUT2D eigenvalue weighted by molar-refractivity contribution is 5.85. The van der Waals surface area contributed by atoms with E-state index < -0.39 is 0 Å². The van der Waals surface area contributed by atoms with Gasteiger partial charge in [0.05, 0.1) is 19.6 Å². The van der Waals surface area contributed by atoms with Gasteiger partial charge >= 0.3 is 0 Å². The minimum Gasteiger partial charge on any atom is -0.492 e. The van der Waals surface area contributed by atoms with E-state index in [1.807, 2.05) is 24.3 Å². The molecule has 1 aromatic carbocycles. The fraction of sp³-hybridized carbons (Fsp3) is 0.467. The topological polar surface area (TPSA) is 93.5 Å². The van der Waals surface area contributed by atoms with Crippen molar-refractivity contribution in [2.75, 3.05) is 26.2 Å². The molecule has 1 aromatic rings. The molecule has 1 rings (SSSR count). The van der Waals surface area contributed by atoms with Crippen molar-refractivity contribution in [3.05, 3.63) is 29.8 Å². The molecule has 0 unspecified atom stereocenters. The van der Waals surface area contributed by atoms with E-state index in [9.17, 15) is 9.59 Å². The average molecular weight is 330 g/mol. The molecule has 0 heterocycles. The quantitative estimate of drug-likeness (QED) is 0.615. The van der Waals surface area contributed by atoms with Crippen LogP contribution < -0.4 is 21.1 Å². The minimum absolute atomic E-state index is 0. The van der Waals surface area contributed by atoms with Gasteiger partial charge in [0.2, 0.25) is 11.8 Å². The molecule has 0 aliphatic rings. The fourth-order valence-electron chi connectivity index (χ4n) is 1.62. The first-order valence-electron chi connectivity index (χ1n) is 6.99. The molecule has 2 amide bonds. The van der Waals surface area contributed by atoms with Gasteiger partial charge in [-0.2, -0.15) is 0 Å². The van der Waals surface area contributed by atoms with Gasteiger partial charge in [-0.1, -0.05) is 26.0 Å². The summed E-state index contributed by atoms with van der Waals surface area (Å²) < 4.78 is 5.52. The predicted molar refractivity (Wildman–Crippen MR) is 88.3 cm³/mol. The second-order valence-corrected chi connectivity index (χ2v) is 4.90. The first-order chi connectivity index (χ1) is 10.0. The molecule has 6 nitrogen and oxygen atoms in total. The van der Waals surface area contributed by atoms with Crippen molar-refractivity contribution >= 4 is 24.2 Å². The molecule has 7 heteroatoms. The molecule has 0 radical (unpaired) electrons. The Balaban J connectivity index is 0.00000441. The van der Waals surface area contributed by atoms with Gasteiger partial charge < -0.3 is 21.1 Å². The highest BCUT2D eigenvalue weighted by Gasteiger charge is 2.03. The lowest BCUT2D eigenvalue weighted by Gasteiger charge is -2.10. The van der Waals surface area contributed by atoms with Crippen molar-refractivity contribution in [3.63, 3.8) is 0 Å². The van der Waals surface area contributed by atoms with Crippen LogP contribution in [0.1, 0.15) is 25.3 Å². The number of nitrogens with two attached hydrogens (primary N) is 1. The zero-order chi connectivity index (χ0) is 15.7. The van der Waals surface area contributed by atoms with Crippen molar-refractivity contribution in [2.45, 2.75) is 19.8 Å². The van der Waals surface area contributed by atoms with Crippen LogP contribution in [0.4, 0.5) is 0 Å². The van der Waals surface area contributed by atoms with E-state index in [4.69, 9.17) is 10.5 Å². The SMILES string of the molecule is CC(C)c1ccc(OCCNC(=O)CNC(=O)CN)cc1.Cl. The van der Waals surface area contributed by atoms with Crippen LogP contribution in [0.15, 0.2) is 24.3 Å². The predicted octanol–water partition coefficient (Wildman–Crippen LogP) is 0.802. The Morgan fingerprint density at radius 2 is 1.77 bits per heavy atom. The lowest BCUT2D eigenvalue weighted by molar-refractivity contribution is -0.125. The normalized spacial score (nSPS) is 9.82. The van der Waals surface area contributed by atoms with Crippen LogP contribution in [-0.2, 0) is 9.59 Å². The van der Waals surface area contributed by atoms with Gasteiger partial charge in [-0.3, -0.25) is 9.59 Å². The van der Waals surface area contributed by atoms with Crippen molar-refractivity contribution in [1.82, 2.24) is 10.6 Å². The summed E-state index contributed by atoms with van der Waals surface area (Å²) >= 11 is 0. The van der Waals surface area contributed by atoms with E-state index >= 15 is 0 Å².